The Hall–Kier alpha value is -2.24. The van der Waals surface area contributed by atoms with Gasteiger partial charge in [-0.3, -0.25) is 4.79 Å². The van der Waals surface area contributed by atoms with Gasteiger partial charge in [0.1, 0.15) is 6.61 Å². The topological polar surface area (TPSA) is 64.8 Å². The van der Waals surface area contributed by atoms with Gasteiger partial charge >= 0.3 is 0 Å². The molecule has 2 aromatic rings. The minimum absolute atomic E-state index is 0. The molecule has 3 rings (SSSR count). The van der Waals surface area contributed by atoms with E-state index in [9.17, 15) is 4.79 Å². The van der Waals surface area contributed by atoms with Crippen molar-refractivity contribution in [2.45, 2.75) is 25.5 Å². The summed E-state index contributed by atoms with van der Waals surface area (Å²) in [5.41, 5.74) is 7.20. The van der Waals surface area contributed by atoms with E-state index in [4.69, 9.17) is 15.2 Å². The monoisotopic (exact) mass is 376 g/mol. The van der Waals surface area contributed by atoms with E-state index in [0.29, 0.717) is 26.1 Å². The van der Waals surface area contributed by atoms with E-state index >= 15 is 0 Å². The Morgan fingerprint density at radius 2 is 1.81 bits per heavy atom. The van der Waals surface area contributed by atoms with Crippen LogP contribution in [-0.2, 0) is 11.2 Å². The van der Waals surface area contributed by atoms with Gasteiger partial charge < -0.3 is 20.1 Å². The molecule has 1 unspecified atom stereocenters. The molecule has 0 fully saturated rings. The lowest BCUT2D eigenvalue weighted by atomic mass is 10.1. The van der Waals surface area contributed by atoms with Crippen LogP contribution in [0.25, 0.3) is 0 Å². The molecule has 6 heteroatoms. The Kier molecular flexibility index (Phi) is 7.30. The summed E-state index contributed by atoms with van der Waals surface area (Å²) in [6, 6.07) is 16.8. The molecule has 0 saturated carbocycles. The number of hydrogen-bond acceptors (Lipinski definition) is 4. The largest absolute Gasteiger partial charge is 0.486 e. The molecule has 2 N–H and O–H groups in total. The fourth-order valence-corrected chi connectivity index (χ4v) is 2.96. The van der Waals surface area contributed by atoms with Crippen molar-refractivity contribution in [2.24, 2.45) is 5.73 Å². The van der Waals surface area contributed by atoms with E-state index in [1.807, 2.05) is 61.5 Å². The van der Waals surface area contributed by atoms with Crippen LogP contribution in [0.2, 0.25) is 0 Å². The number of nitrogens with two attached hydrogens (primary N) is 1. The number of ether oxygens (including phenoxy) is 2. The number of para-hydroxylation sites is 2. The second kappa shape index (κ2) is 9.46. The van der Waals surface area contributed by atoms with Gasteiger partial charge in [-0.05, 0) is 31.0 Å². The molecular formula is C20H25ClN2O3. The predicted octanol–water partition coefficient (Wildman–Crippen LogP) is 2.67. The first-order valence-corrected chi connectivity index (χ1v) is 8.64. The van der Waals surface area contributed by atoms with Gasteiger partial charge in [0.2, 0.25) is 5.91 Å². The fourth-order valence-electron chi connectivity index (χ4n) is 2.96. The maximum Gasteiger partial charge on any atom is 0.239 e. The zero-order valence-corrected chi connectivity index (χ0v) is 15.7. The lowest BCUT2D eigenvalue weighted by Gasteiger charge is -2.32. The minimum atomic E-state index is -0.556. The van der Waals surface area contributed by atoms with Crippen molar-refractivity contribution in [3.63, 3.8) is 0 Å². The van der Waals surface area contributed by atoms with E-state index in [-0.39, 0.29) is 24.4 Å². The van der Waals surface area contributed by atoms with Gasteiger partial charge in [0.25, 0.3) is 0 Å². The van der Waals surface area contributed by atoms with E-state index in [0.717, 1.165) is 17.1 Å². The third-order valence-electron chi connectivity index (χ3n) is 4.30. The second-order valence-corrected chi connectivity index (χ2v) is 6.17. The van der Waals surface area contributed by atoms with Crippen molar-refractivity contribution in [1.29, 1.82) is 0 Å². The summed E-state index contributed by atoms with van der Waals surface area (Å²) in [6.45, 7) is 3.43. The quantitative estimate of drug-likeness (QED) is 0.841. The van der Waals surface area contributed by atoms with Gasteiger partial charge in [0.15, 0.2) is 17.6 Å². The zero-order chi connectivity index (χ0) is 17.6. The molecule has 0 saturated heterocycles. The molecule has 0 spiro atoms. The first-order chi connectivity index (χ1) is 12.2. The van der Waals surface area contributed by atoms with Crippen LogP contribution in [0.15, 0.2) is 54.6 Å². The third kappa shape index (κ3) is 4.90. The second-order valence-electron chi connectivity index (χ2n) is 6.17. The highest BCUT2D eigenvalue weighted by Crippen LogP contribution is 2.31. The normalized spacial score (nSPS) is 16.3. The number of hydrogen-bond donors (Lipinski definition) is 1. The molecule has 26 heavy (non-hydrogen) atoms. The number of rotatable bonds is 6. The van der Waals surface area contributed by atoms with Crippen LogP contribution in [0.3, 0.4) is 0 Å². The highest BCUT2D eigenvalue weighted by Gasteiger charge is 2.27. The van der Waals surface area contributed by atoms with Crippen LogP contribution in [0.5, 0.6) is 11.5 Å². The van der Waals surface area contributed by atoms with Crippen molar-refractivity contribution < 1.29 is 14.3 Å². The number of halogens is 1. The van der Waals surface area contributed by atoms with Crippen LogP contribution in [-0.4, -0.2) is 42.6 Å². The van der Waals surface area contributed by atoms with Crippen LogP contribution < -0.4 is 15.2 Å². The zero-order valence-electron chi connectivity index (χ0n) is 14.8. The van der Waals surface area contributed by atoms with Crippen LogP contribution in [0, 0.1) is 0 Å². The van der Waals surface area contributed by atoms with Gasteiger partial charge in [-0.2, -0.15) is 0 Å². The van der Waals surface area contributed by atoms with E-state index < -0.39 is 6.04 Å². The standard InChI is InChI=1S/C20H24N2O3.ClH/c1-2-22(20(23)17(21)12-15-8-4-3-5-9-15)13-16-14-24-18-10-6-7-11-19(18)25-16;/h3-11,16-17H,2,12-14,21H2,1H3;1H/t16?,17-;/m0./s1. The molecule has 2 atom stereocenters. The van der Waals surface area contributed by atoms with Crippen molar-refractivity contribution >= 4 is 18.3 Å². The van der Waals surface area contributed by atoms with Gasteiger partial charge in [0, 0.05) is 6.54 Å². The Balaban J connectivity index is 0.00000243. The van der Waals surface area contributed by atoms with E-state index in [2.05, 4.69) is 0 Å². The lowest BCUT2D eigenvalue weighted by molar-refractivity contribution is -0.134. The molecule has 1 heterocycles. The van der Waals surface area contributed by atoms with Gasteiger partial charge in [-0.1, -0.05) is 42.5 Å². The van der Waals surface area contributed by atoms with Crippen molar-refractivity contribution in [3.8, 4) is 11.5 Å². The summed E-state index contributed by atoms with van der Waals surface area (Å²) in [6.07, 6.45) is 0.337. The van der Waals surface area contributed by atoms with Gasteiger partial charge in [-0.25, -0.2) is 0 Å². The number of benzene rings is 2. The number of likely N-dealkylation sites (N-methyl/N-ethyl adjacent to an activating group) is 1. The molecule has 1 aliphatic heterocycles. The maximum atomic E-state index is 12.7. The number of carbonyl (C=O) groups excluding carboxylic acids is 1. The summed E-state index contributed by atoms with van der Waals surface area (Å²) in [7, 11) is 0. The molecule has 140 valence electrons. The van der Waals surface area contributed by atoms with Crippen molar-refractivity contribution in [2.75, 3.05) is 19.7 Å². The number of carbonyl (C=O) groups is 1. The third-order valence-corrected chi connectivity index (χ3v) is 4.30. The minimum Gasteiger partial charge on any atom is -0.486 e. The fraction of sp³-hybridized carbons (Fsp3) is 0.350. The average molecular weight is 377 g/mol. The van der Waals surface area contributed by atoms with Crippen LogP contribution >= 0.6 is 12.4 Å². The SMILES string of the molecule is CCN(CC1COc2ccccc2O1)C(=O)[C@@H](N)Cc1ccccc1.Cl. The first kappa shape index (κ1) is 20.1. The Bertz CT molecular complexity index is 711. The number of fused-ring (bicyclic) bond motifs is 1. The number of amides is 1. The number of nitrogens with zero attached hydrogens (tertiary/aromatic N) is 1. The highest BCUT2D eigenvalue weighted by molar-refractivity contribution is 5.85. The summed E-state index contributed by atoms with van der Waals surface area (Å²) in [4.78, 5) is 14.4. The Morgan fingerprint density at radius 1 is 1.15 bits per heavy atom. The van der Waals surface area contributed by atoms with E-state index in [1.165, 1.54) is 0 Å². The summed E-state index contributed by atoms with van der Waals surface area (Å²) < 4.78 is 11.7. The maximum absolute atomic E-state index is 12.7. The highest BCUT2D eigenvalue weighted by atomic mass is 35.5. The predicted molar refractivity (Wildman–Crippen MR) is 104 cm³/mol. The molecule has 2 aromatic carbocycles. The van der Waals surface area contributed by atoms with Crippen LogP contribution in [0.4, 0.5) is 0 Å². The molecule has 1 aliphatic rings. The van der Waals surface area contributed by atoms with Crippen LogP contribution in [0.1, 0.15) is 12.5 Å². The summed E-state index contributed by atoms with van der Waals surface area (Å²) in [5.74, 6) is 1.40. The molecule has 0 bridgehead atoms. The molecule has 0 radical (unpaired) electrons. The summed E-state index contributed by atoms with van der Waals surface area (Å²) in [5, 5.41) is 0. The molecule has 0 aromatic heterocycles. The molecule has 1 amide bonds. The molecule has 0 aliphatic carbocycles. The smallest absolute Gasteiger partial charge is 0.239 e. The average Bonchev–Trinajstić information content (AvgIpc) is 2.66. The molecule has 5 nitrogen and oxygen atoms in total. The van der Waals surface area contributed by atoms with Gasteiger partial charge in [-0.15, -0.1) is 12.4 Å². The summed E-state index contributed by atoms with van der Waals surface area (Å²) >= 11 is 0. The lowest BCUT2D eigenvalue weighted by Crippen LogP contribution is -2.50. The Labute approximate surface area is 160 Å². The molecular weight excluding hydrogens is 352 g/mol. The van der Waals surface area contributed by atoms with Crippen molar-refractivity contribution in [3.05, 3.63) is 60.2 Å². The van der Waals surface area contributed by atoms with Gasteiger partial charge in [0.05, 0.1) is 12.6 Å². The van der Waals surface area contributed by atoms with Crippen molar-refractivity contribution in [1.82, 2.24) is 4.90 Å². The first-order valence-electron chi connectivity index (χ1n) is 8.64. The Morgan fingerprint density at radius 3 is 2.50 bits per heavy atom. The van der Waals surface area contributed by atoms with E-state index in [1.54, 1.807) is 4.90 Å².